The van der Waals surface area contributed by atoms with Crippen molar-refractivity contribution in [2.75, 3.05) is 19.3 Å². The lowest BCUT2D eigenvalue weighted by atomic mass is 9.95. The largest absolute Gasteiger partial charge is 0.342 e. The molecule has 0 radical (unpaired) electrons. The molecule has 2 aromatic rings. The molecule has 6 heteroatoms. The Bertz CT molecular complexity index is 861. The molecule has 3 atom stereocenters. The number of hydrogen-bond donors (Lipinski definition) is 2. The maximum absolute atomic E-state index is 14.3. The summed E-state index contributed by atoms with van der Waals surface area (Å²) < 4.78 is 27.6. The van der Waals surface area contributed by atoms with Crippen molar-refractivity contribution in [1.82, 2.24) is 4.90 Å². The number of halogens is 2. The lowest BCUT2D eigenvalue weighted by molar-refractivity contribution is -0.132. The molecule has 0 bridgehead atoms. The second kappa shape index (κ2) is 9.72. The third-order valence-corrected chi connectivity index (χ3v) is 5.77. The van der Waals surface area contributed by atoms with Gasteiger partial charge in [-0.15, -0.1) is 0 Å². The lowest BCUT2D eigenvalue weighted by Crippen LogP contribution is -2.34. The Labute approximate surface area is 176 Å². The van der Waals surface area contributed by atoms with Crippen LogP contribution < -0.4 is 5.73 Å². The summed E-state index contributed by atoms with van der Waals surface area (Å²) in [5.41, 5.74) is 8.11. The first-order valence-electron chi connectivity index (χ1n) is 10.1. The fourth-order valence-electron chi connectivity index (χ4n) is 4.16. The average Bonchev–Trinajstić information content (AvgIpc) is 3.54. The third kappa shape index (κ3) is 4.98. The molecule has 1 saturated carbocycles. The second-order valence-electron chi connectivity index (χ2n) is 7.68. The highest BCUT2D eigenvalue weighted by molar-refractivity contribution is 7.79. The molecule has 3 unspecified atom stereocenters. The van der Waals surface area contributed by atoms with Crippen LogP contribution in [0.1, 0.15) is 37.2 Å². The van der Waals surface area contributed by atoms with Crippen molar-refractivity contribution in [1.29, 1.82) is 0 Å². The average molecular weight is 419 g/mol. The Morgan fingerprint density at radius 2 is 1.83 bits per heavy atom. The van der Waals surface area contributed by atoms with Gasteiger partial charge in [-0.1, -0.05) is 24.3 Å². The Morgan fingerprint density at radius 3 is 2.59 bits per heavy atom. The molecule has 156 valence electrons. The van der Waals surface area contributed by atoms with Crippen molar-refractivity contribution in [2.24, 2.45) is 11.7 Å². The van der Waals surface area contributed by atoms with E-state index in [0.717, 1.165) is 56.0 Å². The summed E-state index contributed by atoms with van der Waals surface area (Å²) >= 11 is 3.53. The molecule has 1 heterocycles. The van der Waals surface area contributed by atoms with Gasteiger partial charge in [0.15, 0.2) is 0 Å². The van der Waals surface area contributed by atoms with Crippen LogP contribution in [-0.4, -0.2) is 36.2 Å². The molecule has 0 aromatic heterocycles. The van der Waals surface area contributed by atoms with Gasteiger partial charge in [0.25, 0.3) is 0 Å². The van der Waals surface area contributed by atoms with Crippen LogP contribution in [0.15, 0.2) is 42.5 Å². The van der Waals surface area contributed by atoms with Crippen LogP contribution in [0.2, 0.25) is 0 Å². The molecular formula is C23H28F2N2OS. The number of carbonyl (C=O) groups is 1. The summed E-state index contributed by atoms with van der Waals surface area (Å²) in [5.74, 6) is -0.942. The third-order valence-electron chi connectivity index (χ3n) is 5.77. The monoisotopic (exact) mass is 418 g/mol. The number of likely N-dealkylation sites (tertiary alicyclic amines) is 1. The van der Waals surface area contributed by atoms with E-state index in [0.29, 0.717) is 5.56 Å². The van der Waals surface area contributed by atoms with Crippen LogP contribution >= 0.6 is 12.6 Å². The van der Waals surface area contributed by atoms with Gasteiger partial charge in [0, 0.05) is 36.7 Å². The molecule has 4 rings (SSSR count). The van der Waals surface area contributed by atoms with Crippen LogP contribution in [0.25, 0.3) is 11.1 Å². The molecule has 1 saturated heterocycles. The van der Waals surface area contributed by atoms with Crippen molar-refractivity contribution in [3.8, 4) is 11.1 Å². The highest BCUT2D eigenvalue weighted by Crippen LogP contribution is 2.51. The van der Waals surface area contributed by atoms with Crippen LogP contribution in [0.5, 0.6) is 0 Å². The van der Waals surface area contributed by atoms with Crippen molar-refractivity contribution < 1.29 is 13.6 Å². The number of hydrogen-bond acceptors (Lipinski definition) is 3. The van der Waals surface area contributed by atoms with Crippen LogP contribution in [0, 0.1) is 17.6 Å². The Hall–Kier alpha value is -1.92. The molecule has 2 fully saturated rings. The van der Waals surface area contributed by atoms with Gasteiger partial charge >= 0.3 is 0 Å². The Kier molecular flexibility index (Phi) is 7.30. The van der Waals surface area contributed by atoms with Gasteiger partial charge in [0.2, 0.25) is 5.91 Å². The summed E-state index contributed by atoms with van der Waals surface area (Å²) in [4.78, 5) is 14.9. The standard InChI is InChI=1S/C22H24F2N2O.CH4S/c23-14-7-8-18(21(24)12-14)16-5-1-2-6-17(16)19-13-20(19)22(27)26-10-3-4-15(25)9-11-26;1-2/h1-2,5-8,12,15,19-20H,3-4,9-11,13,25H2;2H,1H3. The topological polar surface area (TPSA) is 46.3 Å². The number of nitrogens with two attached hydrogens (primary N) is 1. The second-order valence-corrected chi connectivity index (χ2v) is 7.68. The van der Waals surface area contributed by atoms with Crippen LogP contribution in [0.4, 0.5) is 8.78 Å². The van der Waals surface area contributed by atoms with Gasteiger partial charge in [-0.25, -0.2) is 8.78 Å². The van der Waals surface area contributed by atoms with Gasteiger partial charge in [-0.05, 0) is 61.1 Å². The molecule has 2 N–H and O–H groups in total. The molecule has 1 aliphatic carbocycles. The number of thiol groups is 1. The smallest absolute Gasteiger partial charge is 0.226 e. The predicted octanol–water partition coefficient (Wildman–Crippen LogP) is 4.62. The van der Waals surface area contributed by atoms with E-state index < -0.39 is 11.6 Å². The Morgan fingerprint density at radius 1 is 1.07 bits per heavy atom. The minimum atomic E-state index is -0.590. The SMILES string of the molecule is CS.NC1CCCN(C(=O)C2CC2c2ccccc2-c2ccc(F)cc2F)CC1. The maximum atomic E-state index is 14.3. The Balaban J connectivity index is 0.00000117. The van der Waals surface area contributed by atoms with Crippen molar-refractivity contribution >= 4 is 18.5 Å². The first kappa shape index (κ1) is 21.8. The highest BCUT2D eigenvalue weighted by Gasteiger charge is 2.46. The zero-order chi connectivity index (χ0) is 21.0. The summed E-state index contributed by atoms with van der Waals surface area (Å²) in [7, 11) is 0. The zero-order valence-electron chi connectivity index (χ0n) is 16.7. The molecule has 2 aromatic carbocycles. The lowest BCUT2D eigenvalue weighted by Gasteiger charge is -2.21. The fourth-order valence-corrected chi connectivity index (χ4v) is 4.16. The number of benzene rings is 2. The van der Waals surface area contributed by atoms with Gasteiger partial charge in [0.1, 0.15) is 11.6 Å². The number of amides is 1. The molecule has 2 aliphatic rings. The number of rotatable bonds is 3. The van der Waals surface area contributed by atoms with E-state index in [9.17, 15) is 13.6 Å². The van der Waals surface area contributed by atoms with Crippen LogP contribution in [-0.2, 0) is 4.79 Å². The first-order valence-corrected chi connectivity index (χ1v) is 11.0. The quantitative estimate of drug-likeness (QED) is 0.715. The summed E-state index contributed by atoms with van der Waals surface area (Å²) in [5, 5.41) is 0. The maximum Gasteiger partial charge on any atom is 0.226 e. The van der Waals surface area contributed by atoms with Crippen molar-refractivity contribution in [3.05, 3.63) is 59.7 Å². The van der Waals surface area contributed by atoms with Gasteiger partial charge in [-0.2, -0.15) is 12.6 Å². The summed E-state index contributed by atoms with van der Waals surface area (Å²) in [6, 6.07) is 11.4. The van der Waals surface area contributed by atoms with Gasteiger partial charge < -0.3 is 10.6 Å². The number of nitrogens with zero attached hydrogens (tertiary/aromatic N) is 1. The van der Waals surface area contributed by atoms with E-state index in [2.05, 4.69) is 12.6 Å². The van der Waals surface area contributed by atoms with E-state index >= 15 is 0 Å². The summed E-state index contributed by atoms with van der Waals surface area (Å²) in [6.07, 6.45) is 5.23. The van der Waals surface area contributed by atoms with E-state index in [-0.39, 0.29) is 23.8 Å². The van der Waals surface area contributed by atoms with Gasteiger partial charge in [0.05, 0.1) is 0 Å². The first-order chi connectivity index (χ1) is 14.0. The van der Waals surface area contributed by atoms with Crippen molar-refractivity contribution in [3.63, 3.8) is 0 Å². The van der Waals surface area contributed by atoms with E-state index in [4.69, 9.17) is 5.73 Å². The minimum Gasteiger partial charge on any atom is -0.342 e. The molecule has 1 aliphatic heterocycles. The highest BCUT2D eigenvalue weighted by atomic mass is 32.1. The zero-order valence-corrected chi connectivity index (χ0v) is 17.5. The van der Waals surface area contributed by atoms with E-state index in [1.807, 2.05) is 29.2 Å². The molecule has 0 spiro atoms. The summed E-state index contributed by atoms with van der Waals surface area (Å²) in [6.45, 7) is 1.49. The number of carbonyl (C=O) groups excluding carboxylic acids is 1. The van der Waals surface area contributed by atoms with E-state index in [1.54, 1.807) is 6.26 Å². The van der Waals surface area contributed by atoms with Crippen molar-refractivity contribution in [2.45, 2.75) is 37.6 Å². The molecule has 1 amide bonds. The predicted molar refractivity (Wildman–Crippen MR) is 116 cm³/mol. The fraction of sp³-hybridized carbons (Fsp3) is 0.435. The van der Waals surface area contributed by atoms with Crippen LogP contribution in [0.3, 0.4) is 0 Å². The molecule has 3 nitrogen and oxygen atoms in total. The molecular weight excluding hydrogens is 390 g/mol. The van der Waals surface area contributed by atoms with E-state index in [1.165, 1.54) is 12.1 Å². The minimum absolute atomic E-state index is 0.0519. The molecule has 29 heavy (non-hydrogen) atoms. The normalized spacial score (nSPS) is 23.6. The van der Waals surface area contributed by atoms with Gasteiger partial charge in [-0.3, -0.25) is 4.79 Å².